The van der Waals surface area contributed by atoms with Gasteiger partial charge in [0.2, 0.25) is 10.0 Å². The van der Waals surface area contributed by atoms with Gasteiger partial charge >= 0.3 is 0 Å². The highest BCUT2D eigenvalue weighted by Crippen LogP contribution is 2.20. The number of amides is 1. The van der Waals surface area contributed by atoms with Gasteiger partial charge in [0.05, 0.1) is 0 Å². The maximum Gasteiger partial charge on any atom is 0.265 e. The van der Waals surface area contributed by atoms with Crippen LogP contribution in [0.25, 0.3) is 0 Å². The molecule has 2 unspecified atom stereocenters. The van der Waals surface area contributed by atoms with E-state index in [1.807, 2.05) is 0 Å². The van der Waals surface area contributed by atoms with Crippen LogP contribution in [0.2, 0.25) is 0 Å². The van der Waals surface area contributed by atoms with Crippen LogP contribution in [0.3, 0.4) is 0 Å². The molecule has 0 radical (unpaired) electrons. The third kappa shape index (κ3) is 3.02. The number of carbonyl (C=O) groups excluding carboxylic acids is 1. The monoisotopic (exact) mass is 300 g/mol. The Balaban J connectivity index is 2.22. The molecule has 1 aliphatic rings. The van der Waals surface area contributed by atoms with Crippen LogP contribution in [-0.4, -0.2) is 31.0 Å². The van der Waals surface area contributed by atoms with E-state index in [-0.39, 0.29) is 22.7 Å². The number of aromatic nitrogens is 1. The van der Waals surface area contributed by atoms with Crippen molar-refractivity contribution in [3.05, 3.63) is 18.0 Å². The van der Waals surface area contributed by atoms with Gasteiger partial charge in [-0.05, 0) is 18.9 Å². The first-order valence-corrected chi connectivity index (χ1v) is 8.03. The van der Waals surface area contributed by atoms with Gasteiger partial charge in [0.15, 0.2) is 0 Å². The fourth-order valence-electron chi connectivity index (χ4n) is 2.50. The topological polar surface area (TPSA) is 120 Å². The van der Waals surface area contributed by atoms with Crippen LogP contribution >= 0.6 is 0 Å². The smallest absolute Gasteiger partial charge is 0.265 e. The molecule has 5 N–H and O–H groups in total. The van der Waals surface area contributed by atoms with E-state index in [9.17, 15) is 13.2 Å². The maximum atomic E-state index is 12.3. The van der Waals surface area contributed by atoms with E-state index < -0.39 is 15.9 Å². The number of nitrogens with one attached hydrogen (secondary N) is 1. The van der Waals surface area contributed by atoms with Crippen molar-refractivity contribution < 1.29 is 13.2 Å². The molecular weight excluding hydrogens is 280 g/mol. The second-order valence-electron chi connectivity index (χ2n) is 5.21. The Morgan fingerprint density at radius 2 is 2.05 bits per heavy atom. The molecule has 1 aromatic heterocycles. The molecule has 20 heavy (non-hydrogen) atoms. The number of nitrogens with two attached hydrogens (primary N) is 2. The molecule has 0 spiro atoms. The second kappa shape index (κ2) is 5.55. The first-order chi connectivity index (χ1) is 9.31. The maximum absolute atomic E-state index is 12.3. The Hall–Kier alpha value is -1.38. The summed E-state index contributed by atoms with van der Waals surface area (Å²) in [7, 11) is -2.11. The molecule has 1 aliphatic carbocycles. The van der Waals surface area contributed by atoms with E-state index in [1.54, 1.807) is 7.05 Å². The summed E-state index contributed by atoms with van der Waals surface area (Å²) in [6, 6.07) is 0.850. The minimum absolute atomic E-state index is 0.0339. The summed E-state index contributed by atoms with van der Waals surface area (Å²) in [6.07, 6.45) is 4.90. The second-order valence-corrected chi connectivity index (χ2v) is 6.93. The van der Waals surface area contributed by atoms with Crippen molar-refractivity contribution >= 4 is 15.9 Å². The summed E-state index contributed by atoms with van der Waals surface area (Å²) < 4.78 is 28.6. The molecule has 0 bridgehead atoms. The highest BCUT2D eigenvalue weighted by molar-refractivity contribution is 7.89. The first kappa shape index (κ1) is 15.0. The quantitative estimate of drug-likeness (QED) is 0.705. The number of sulfonamides is 1. The minimum atomic E-state index is -3.69. The third-order valence-electron chi connectivity index (χ3n) is 3.67. The molecule has 1 fully saturated rings. The zero-order chi connectivity index (χ0) is 14.9. The van der Waals surface area contributed by atoms with Gasteiger partial charge in [-0.25, -0.2) is 13.1 Å². The zero-order valence-corrected chi connectivity index (χ0v) is 12.2. The van der Waals surface area contributed by atoms with Gasteiger partial charge in [-0.3, -0.25) is 4.79 Å². The largest absolute Gasteiger partial charge is 0.364 e. The lowest BCUT2D eigenvalue weighted by molar-refractivity contribution is 0.0992. The predicted molar refractivity (Wildman–Crippen MR) is 74.5 cm³/mol. The zero-order valence-electron chi connectivity index (χ0n) is 11.4. The summed E-state index contributed by atoms with van der Waals surface area (Å²) in [5.41, 5.74) is 11.3. The Morgan fingerprint density at radius 3 is 2.60 bits per heavy atom. The van der Waals surface area contributed by atoms with Gasteiger partial charge in [0.1, 0.15) is 10.6 Å². The molecule has 8 heteroatoms. The van der Waals surface area contributed by atoms with Crippen molar-refractivity contribution in [1.29, 1.82) is 0 Å². The molecule has 1 heterocycles. The molecule has 7 nitrogen and oxygen atoms in total. The molecule has 1 amide bonds. The number of nitrogens with zero attached hydrogens (tertiary/aromatic N) is 1. The molecular formula is C12H20N4O3S. The lowest BCUT2D eigenvalue weighted by Crippen LogP contribution is -2.49. The van der Waals surface area contributed by atoms with E-state index in [0.29, 0.717) is 0 Å². The first-order valence-electron chi connectivity index (χ1n) is 6.55. The molecule has 0 aromatic carbocycles. The van der Waals surface area contributed by atoms with Gasteiger partial charge in [-0.2, -0.15) is 0 Å². The molecule has 1 aromatic rings. The van der Waals surface area contributed by atoms with Crippen molar-refractivity contribution in [2.45, 2.75) is 42.7 Å². The molecule has 2 rings (SSSR count). The predicted octanol–water partition coefficient (Wildman–Crippen LogP) is -0.328. The fourth-order valence-corrected chi connectivity index (χ4v) is 3.89. The van der Waals surface area contributed by atoms with Gasteiger partial charge in [0.25, 0.3) is 5.91 Å². The van der Waals surface area contributed by atoms with Gasteiger partial charge in [-0.15, -0.1) is 0 Å². The van der Waals surface area contributed by atoms with Crippen LogP contribution in [0, 0.1) is 0 Å². The van der Waals surface area contributed by atoms with Crippen molar-refractivity contribution in [2.24, 2.45) is 18.5 Å². The number of carbonyl (C=O) groups is 1. The Morgan fingerprint density at radius 1 is 1.40 bits per heavy atom. The molecule has 0 saturated heterocycles. The SMILES string of the molecule is Cn1cc(S(=O)(=O)NC2CCCCC2N)cc1C(N)=O. The Labute approximate surface area is 118 Å². The Bertz CT molecular complexity index is 608. The van der Waals surface area contributed by atoms with Crippen LogP contribution < -0.4 is 16.2 Å². The minimum Gasteiger partial charge on any atom is -0.364 e. The van der Waals surface area contributed by atoms with E-state index in [0.717, 1.165) is 25.7 Å². The average molecular weight is 300 g/mol. The average Bonchev–Trinajstić information content (AvgIpc) is 2.75. The highest BCUT2D eigenvalue weighted by atomic mass is 32.2. The summed E-state index contributed by atoms with van der Waals surface area (Å²) >= 11 is 0. The lowest BCUT2D eigenvalue weighted by Gasteiger charge is -2.28. The third-order valence-corrected chi connectivity index (χ3v) is 5.13. The number of primary amides is 1. The summed E-state index contributed by atoms with van der Waals surface area (Å²) in [5, 5.41) is 0. The van der Waals surface area contributed by atoms with E-state index >= 15 is 0 Å². The van der Waals surface area contributed by atoms with E-state index in [2.05, 4.69) is 4.72 Å². The van der Waals surface area contributed by atoms with Crippen LogP contribution in [0.4, 0.5) is 0 Å². The van der Waals surface area contributed by atoms with E-state index in [1.165, 1.54) is 16.8 Å². The normalized spacial score (nSPS) is 23.7. The number of hydrogen-bond acceptors (Lipinski definition) is 4. The van der Waals surface area contributed by atoms with Crippen molar-refractivity contribution in [1.82, 2.24) is 9.29 Å². The van der Waals surface area contributed by atoms with Crippen LogP contribution in [0.5, 0.6) is 0 Å². The highest BCUT2D eigenvalue weighted by Gasteiger charge is 2.28. The van der Waals surface area contributed by atoms with Crippen LogP contribution in [0.15, 0.2) is 17.2 Å². The fraction of sp³-hybridized carbons (Fsp3) is 0.583. The van der Waals surface area contributed by atoms with Crippen LogP contribution in [0.1, 0.15) is 36.2 Å². The number of hydrogen-bond donors (Lipinski definition) is 3. The molecule has 112 valence electrons. The molecule has 2 atom stereocenters. The van der Waals surface area contributed by atoms with Crippen LogP contribution in [-0.2, 0) is 17.1 Å². The van der Waals surface area contributed by atoms with Gasteiger partial charge < -0.3 is 16.0 Å². The molecule has 1 saturated carbocycles. The van der Waals surface area contributed by atoms with Crippen molar-refractivity contribution in [2.75, 3.05) is 0 Å². The Kier molecular flexibility index (Phi) is 4.17. The standard InChI is InChI=1S/C12H20N4O3S/c1-16-7-8(6-11(16)12(14)17)20(18,19)15-10-5-3-2-4-9(10)13/h6-7,9-10,15H,2-5,13H2,1H3,(H2,14,17). The summed E-state index contributed by atoms with van der Waals surface area (Å²) in [4.78, 5) is 11.2. The van der Waals surface area contributed by atoms with Crippen molar-refractivity contribution in [3.8, 4) is 0 Å². The summed E-state index contributed by atoms with van der Waals surface area (Å²) in [6.45, 7) is 0. The molecule has 0 aliphatic heterocycles. The van der Waals surface area contributed by atoms with Gasteiger partial charge in [0, 0.05) is 25.3 Å². The van der Waals surface area contributed by atoms with E-state index in [4.69, 9.17) is 11.5 Å². The number of aryl methyl sites for hydroxylation is 1. The van der Waals surface area contributed by atoms with Gasteiger partial charge in [-0.1, -0.05) is 12.8 Å². The summed E-state index contributed by atoms with van der Waals surface area (Å²) in [5.74, 6) is -0.664. The number of rotatable bonds is 4. The lowest BCUT2D eigenvalue weighted by atomic mass is 9.92. The van der Waals surface area contributed by atoms with Crippen molar-refractivity contribution in [3.63, 3.8) is 0 Å².